The van der Waals surface area contributed by atoms with E-state index in [0.717, 1.165) is 18.4 Å². The van der Waals surface area contributed by atoms with E-state index in [4.69, 9.17) is 11.6 Å². The average Bonchev–Trinajstić information content (AvgIpc) is 3.07. The van der Waals surface area contributed by atoms with Crippen LogP contribution in [-0.4, -0.2) is 34.0 Å². The molecular weight excluding hydrogens is 334 g/mol. The van der Waals surface area contributed by atoms with Crippen molar-refractivity contribution in [2.45, 2.75) is 25.6 Å². The maximum Gasteiger partial charge on any atom is 0.208 e. The Labute approximate surface area is 144 Å². The van der Waals surface area contributed by atoms with Gasteiger partial charge in [0.15, 0.2) is 0 Å². The highest BCUT2D eigenvalue weighted by Gasteiger charge is 2.17. The second-order valence-electron chi connectivity index (χ2n) is 5.24. The Morgan fingerprint density at radius 1 is 1.52 bits per heavy atom. The van der Waals surface area contributed by atoms with Gasteiger partial charge in [-0.25, -0.2) is 9.97 Å². The van der Waals surface area contributed by atoms with Crippen molar-refractivity contribution >= 4 is 34.5 Å². The molecule has 0 spiro atoms. The SMILES string of the molecule is CCC(CO)CCNc1ncncc1C(=O)c1cc(CCl)cs1. The smallest absolute Gasteiger partial charge is 0.208 e. The predicted molar refractivity (Wildman–Crippen MR) is 93.3 cm³/mol. The van der Waals surface area contributed by atoms with Gasteiger partial charge in [0.1, 0.15) is 12.1 Å². The molecule has 2 N–H and O–H groups in total. The Kier molecular flexibility index (Phi) is 6.95. The minimum atomic E-state index is -0.108. The van der Waals surface area contributed by atoms with E-state index < -0.39 is 0 Å². The molecule has 2 rings (SSSR count). The number of carbonyl (C=O) groups excluding carboxylic acids is 1. The van der Waals surface area contributed by atoms with Crippen molar-refractivity contribution in [3.05, 3.63) is 40.0 Å². The van der Waals surface area contributed by atoms with Crippen molar-refractivity contribution in [2.24, 2.45) is 5.92 Å². The fourth-order valence-electron chi connectivity index (χ4n) is 2.15. The summed E-state index contributed by atoms with van der Waals surface area (Å²) >= 11 is 7.16. The molecule has 2 aromatic heterocycles. The van der Waals surface area contributed by atoms with Gasteiger partial charge in [-0.15, -0.1) is 22.9 Å². The number of nitrogens with one attached hydrogen (secondary N) is 1. The lowest BCUT2D eigenvalue weighted by Crippen LogP contribution is -2.15. The van der Waals surface area contributed by atoms with Crippen LogP contribution in [0.25, 0.3) is 0 Å². The van der Waals surface area contributed by atoms with E-state index in [1.807, 2.05) is 12.3 Å². The summed E-state index contributed by atoms with van der Waals surface area (Å²) in [6, 6.07) is 1.80. The predicted octanol–water partition coefficient (Wildman–Crippen LogP) is 3.33. The third kappa shape index (κ3) is 4.73. The van der Waals surface area contributed by atoms with Crippen molar-refractivity contribution in [3.63, 3.8) is 0 Å². The first-order chi connectivity index (χ1) is 11.2. The number of aliphatic hydroxyl groups is 1. The number of carbonyl (C=O) groups is 1. The Morgan fingerprint density at radius 3 is 3.00 bits per heavy atom. The van der Waals surface area contributed by atoms with Gasteiger partial charge in [-0.2, -0.15) is 0 Å². The third-order valence-corrected chi connectivity index (χ3v) is 4.96. The molecule has 0 aromatic carbocycles. The quantitative estimate of drug-likeness (QED) is 0.534. The maximum atomic E-state index is 12.6. The van der Waals surface area contributed by atoms with Gasteiger partial charge in [-0.1, -0.05) is 13.3 Å². The average molecular weight is 354 g/mol. The Hall–Kier alpha value is -1.50. The first-order valence-electron chi connectivity index (χ1n) is 7.52. The normalized spacial score (nSPS) is 12.1. The van der Waals surface area contributed by atoms with E-state index in [1.165, 1.54) is 23.9 Å². The molecule has 0 radical (unpaired) electrons. The van der Waals surface area contributed by atoms with Gasteiger partial charge in [-0.3, -0.25) is 4.79 Å². The van der Waals surface area contributed by atoms with Crippen LogP contribution >= 0.6 is 22.9 Å². The minimum absolute atomic E-state index is 0.108. The molecule has 0 fully saturated rings. The molecule has 0 aliphatic rings. The van der Waals surface area contributed by atoms with Gasteiger partial charge in [0.2, 0.25) is 5.78 Å². The maximum absolute atomic E-state index is 12.6. The zero-order valence-corrected chi connectivity index (χ0v) is 14.5. The fourth-order valence-corrected chi connectivity index (χ4v) is 3.27. The fraction of sp³-hybridized carbons (Fsp3) is 0.438. The summed E-state index contributed by atoms with van der Waals surface area (Å²) in [5, 5.41) is 14.3. The molecule has 0 bridgehead atoms. The summed E-state index contributed by atoms with van der Waals surface area (Å²) in [5.74, 6) is 1.06. The standard InChI is InChI=1S/C16H20ClN3O2S/c1-2-11(8-21)3-4-19-16-13(7-18-10-20-16)15(22)14-5-12(6-17)9-23-14/h5,7,9-11,21H,2-4,6,8H2,1H3,(H,18,19,20). The second-order valence-corrected chi connectivity index (χ2v) is 6.42. The van der Waals surface area contributed by atoms with E-state index in [2.05, 4.69) is 15.3 Å². The second kappa shape index (κ2) is 8.96. The molecule has 0 aliphatic heterocycles. The number of aromatic nitrogens is 2. The Balaban J connectivity index is 2.09. The molecule has 0 aliphatic carbocycles. The van der Waals surface area contributed by atoms with E-state index in [9.17, 15) is 9.90 Å². The Morgan fingerprint density at radius 2 is 2.35 bits per heavy atom. The van der Waals surface area contributed by atoms with Crippen molar-refractivity contribution in [1.29, 1.82) is 0 Å². The van der Waals surface area contributed by atoms with Crippen molar-refractivity contribution in [1.82, 2.24) is 9.97 Å². The van der Waals surface area contributed by atoms with Gasteiger partial charge in [0.25, 0.3) is 0 Å². The number of thiophene rings is 1. The summed E-state index contributed by atoms with van der Waals surface area (Å²) in [6.45, 7) is 2.86. The van der Waals surface area contributed by atoms with E-state index >= 15 is 0 Å². The largest absolute Gasteiger partial charge is 0.396 e. The highest BCUT2D eigenvalue weighted by molar-refractivity contribution is 7.12. The van der Waals surface area contributed by atoms with Crippen LogP contribution in [0, 0.1) is 5.92 Å². The third-order valence-electron chi connectivity index (χ3n) is 3.67. The molecule has 7 heteroatoms. The van der Waals surface area contributed by atoms with E-state index in [-0.39, 0.29) is 18.3 Å². The van der Waals surface area contributed by atoms with Crippen LogP contribution in [0.5, 0.6) is 0 Å². The van der Waals surface area contributed by atoms with Crippen LogP contribution in [0.3, 0.4) is 0 Å². The number of aliphatic hydroxyl groups excluding tert-OH is 1. The number of hydrogen-bond donors (Lipinski definition) is 2. The van der Waals surface area contributed by atoms with Gasteiger partial charge >= 0.3 is 0 Å². The number of alkyl halides is 1. The van der Waals surface area contributed by atoms with Gasteiger partial charge < -0.3 is 10.4 Å². The van der Waals surface area contributed by atoms with Crippen LogP contribution in [-0.2, 0) is 5.88 Å². The van der Waals surface area contributed by atoms with Crippen molar-refractivity contribution in [3.8, 4) is 0 Å². The van der Waals surface area contributed by atoms with Gasteiger partial charge in [-0.05, 0) is 29.3 Å². The molecule has 2 heterocycles. The number of rotatable bonds is 9. The summed E-state index contributed by atoms with van der Waals surface area (Å²) < 4.78 is 0. The van der Waals surface area contributed by atoms with E-state index in [0.29, 0.717) is 28.7 Å². The lowest BCUT2D eigenvalue weighted by Gasteiger charge is -2.13. The molecule has 0 amide bonds. The lowest BCUT2D eigenvalue weighted by molar-refractivity contribution is 0.104. The summed E-state index contributed by atoms with van der Waals surface area (Å²) in [4.78, 5) is 21.4. The summed E-state index contributed by atoms with van der Waals surface area (Å²) in [7, 11) is 0. The number of anilines is 1. The molecule has 2 aromatic rings. The zero-order valence-electron chi connectivity index (χ0n) is 13.0. The van der Waals surface area contributed by atoms with Gasteiger partial charge in [0.05, 0.1) is 10.4 Å². The number of nitrogens with zero attached hydrogens (tertiary/aromatic N) is 2. The highest BCUT2D eigenvalue weighted by Crippen LogP contribution is 2.22. The molecule has 1 atom stereocenters. The highest BCUT2D eigenvalue weighted by atomic mass is 35.5. The molecule has 1 unspecified atom stereocenters. The van der Waals surface area contributed by atoms with Crippen LogP contribution < -0.4 is 5.32 Å². The Bertz CT molecular complexity index is 644. The number of ketones is 1. The summed E-state index contributed by atoms with van der Waals surface area (Å²) in [6.07, 6.45) is 4.69. The van der Waals surface area contributed by atoms with Crippen LogP contribution in [0.2, 0.25) is 0 Å². The monoisotopic (exact) mass is 353 g/mol. The first kappa shape index (κ1) is 17.8. The molecule has 0 saturated carbocycles. The molecule has 5 nitrogen and oxygen atoms in total. The zero-order chi connectivity index (χ0) is 16.7. The summed E-state index contributed by atoms with van der Waals surface area (Å²) in [5.41, 5.74) is 1.38. The molecular formula is C16H20ClN3O2S. The van der Waals surface area contributed by atoms with Gasteiger partial charge in [0, 0.05) is 25.2 Å². The number of hydrogen-bond acceptors (Lipinski definition) is 6. The molecule has 23 heavy (non-hydrogen) atoms. The first-order valence-corrected chi connectivity index (χ1v) is 8.93. The van der Waals surface area contributed by atoms with E-state index in [1.54, 1.807) is 6.07 Å². The topological polar surface area (TPSA) is 75.1 Å². The van der Waals surface area contributed by atoms with Crippen molar-refractivity contribution < 1.29 is 9.90 Å². The van der Waals surface area contributed by atoms with Crippen molar-refractivity contribution in [2.75, 3.05) is 18.5 Å². The van der Waals surface area contributed by atoms with Crippen LogP contribution in [0.1, 0.15) is 40.6 Å². The number of halogens is 1. The lowest BCUT2D eigenvalue weighted by atomic mass is 10.0. The molecule has 0 saturated heterocycles. The molecule has 124 valence electrons. The van der Waals surface area contributed by atoms with Crippen LogP contribution in [0.4, 0.5) is 5.82 Å². The minimum Gasteiger partial charge on any atom is -0.396 e. The van der Waals surface area contributed by atoms with Crippen LogP contribution in [0.15, 0.2) is 24.0 Å².